The van der Waals surface area contributed by atoms with E-state index in [1.54, 1.807) is 7.11 Å². The number of hydrogen-bond donors (Lipinski definition) is 0. The van der Waals surface area contributed by atoms with Gasteiger partial charge in [-0.15, -0.1) is 0 Å². The number of amides is 1. The molecule has 31 heavy (non-hydrogen) atoms. The molecule has 0 radical (unpaired) electrons. The van der Waals surface area contributed by atoms with Crippen molar-refractivity contribution < 1.29 is 18.8 Å². The van der Waals surface area contributed by atoms with Crippen LogP contribution in [-0.2, 0) is 14.9 Å². The molecule has 4 aliphatic rings. The Balaban J connectivity index is 1.28. The number of methoxy groups -OCH3 is 1. The number of carbonyl (C=O) groups is 1. The summed E-state index contributed by atoms with van der Waals surface area (Å²) in [6.07, 6.45) is 5.44. The highest BCUT2D eigenvalue weighted by molar-refractivity contribution is 5.81. The molecule has 2 aromatic rings. The van der Waals surface area contributed by atoms with E-state index in [1.165, 1.54) is 5.56 Å². The topological polar surface area (TPSA) is 77.7 Å². The van der Waals surface area contributed by atoms with Gasteiger partial charge in [-0.1, -0.05) is 17.3 Å². The first kappa shape index (κ1) is 19.3. The van der Waals surface area contributed by atoms with Gasteiger partial charge in [-0.25, -0.2) is 0 Å². The summed E-state index contributed by atoms with van der Waals surface area (Å²) < 4.78 is 16.6. The Bertz CT molecular complexity index is 961. The highest BCUT2D eigenvalue weighted by Gasteiger charge is 2.56. The minimum Gasteiger partial charge on any atom is -0.497 e. The molecule has 2 heterocycles. The van der Waals surface area contributed by atoms with Crippen molar-refractivity contribution in [2.24, 2.45) is 17.8 Å². The molecule has 0 N–H and O–H groups in total. The molecule has 1 saturated heterocycles. The summed E-state index contributed by atoms with van der Waals surface area (Å²) >= 11 is 0. The van der Waals surface area contributed by atoms with Crippen molar-refractivity contribution in [1.29, 1.82) is 0 Å². The molecule has 4 atom stereocenters. The summed E-state index contributed by atoms with van der Waals surface area (Å²) in [4.78, 5) is 20.4. The summed E-state index contributed by atoms with van der Waals surface area (Å²) in [5.41, 5.74) is 1.05. The Kier molecular flexibility index (Phi) is 4.56. The first-order chi connectivity index (χ1) is 15.2. The molecular weight excluding hydrogens is 394 g/mol. The van der Waals surface area contributed by atoms with Crippen molar-refractivity contribution in [2.75, 3.05) is 33.4 Å². The molecule has 1 aromatic carbocycles. The van der Waals surface area contributed by atoms with Gasteiger partial charge in [-0.05, 0) is 61.6 Å². The van der Waals surface area contributed by atoms with Crippen LogP contribution in [0.5, 0.6) is 5.75 Å². The van der Waals surface area contributed by atoms with Crippen molar-refractivity contribution in [3.05, 3.63) is 41.5 Å². The lowest BCUT2D eigenvalue weighted by molar-refractivity contribution is -0.142. The number of carbonyl (C=O) groups excluding carboxylic acids is 1. The van der Waals surface area contributed by atoms with Crippen LogP contribution in [0.4, 0.5) is 0 Å². The lowest BCUT2D eigenvalue weighted by Crippen LogP contribution is -2.46. The number of benzene rings is 1. The van der Waals surface area contributed by atoms with Gasteiger partial charge in [0.25, 0.3) is 0 Å². The third-order valence-electron chi connectivity index (χ3n) is 8.07. The smallest absolute Gasteiger partial charge is 0.230 e. The fourth-order valence-corrected chi connectivity index (χ4v) is 6.24. The van der Waals surface area contributed by atoms with Crippen LogP contribution in [0.15, 0.2) is 28.8 Å². The largest absolute Gasteiger partial charge is 0.497 e. The highest BCUT2D eigenvalue weighted by Crippen LogP contribution is 2.58. The van der Waals surface area contributed by atoms with Crippen LogP contribution >= 0.6 is 0 Å². The van der Waals surface area contributed by atoms with E-state index in [9.17, 15) is 4.79 Å². The van der Waals surface area contributed by atoms with Gasteiger partial charge >= 0.3 is 0 Å². The number of aromatic nitrogens is 2. The van der Waals surface area contributed by atoms with Crippen LogP contribution in [0.3, 0.4) is 0 Å². The fourth-order valence-electron chi connectivity index (χ4n) is 6.24. The van der Waals surface area contributed by atoms with E-state index in [4.69, 9.17) is 19.0 Å². The molecule has 0 unspecified atom stereocenters. The van der Waals surface area contributed by atoms with Crippen molar-refractivity contribution in [3.8, 4) is 5.75 Å². The van der Waals surface area contributed by atoms with Crippen molar-refractivity contribution in [1.82, 2.24) is 15.0 Å². The quantitative estimate of drug-likeness (QED) is 0.735. The Morgan fingerprint density at radius 1 is 1.13 bits per heavy atom. The zero-order valence-corrected chi connectivity index (χ0v) is 18.0. The highest BCUT2D eigenvalue weighted by atomic mass is 16.5. The van der Waals surface area contributed by atoms with Crippen LogP contribution in [0.25, 0.3) is 0 Å². The Hall–Kier alpha value is -2.41. The van der Waals surface area contributed by atoms with Crippen molar-refractivity contribution in [3.63, 3.8) is 0 Å². The average Bonchev–Trinajstić information content (AvgIpc) is 3.17. The van der Waals surface area contributed by atoms with Gasteiger partial charge in [0.1, 0.15) is 5.75 Å². The molecule has 7 heteroatoms. The Morgan fingerprint density at radius 3 is 2.58 bits per heavy atom. The second kappa shape index (κ2) is 7.33. The van der Waals surface area contributed by atoms with E-state index in [-0.39, 0.29) is 23.2 Å². The van der Waals surface area contributed by atoms with Gasteiger partial charge in [-0.3, -0.25) is 4.79 Å². The maximum Gasteiger partial charge on any atom is 0.230 e. The third kappa shape index (κ3) is 3.08. The summed E-state index contributed by atoms with van der Waals surface area (Å²) in [7, 11) is 1.68. The van der Waals surface area contributed by atoms with Gasteiger partial charge in [-0.2, -0.15) is 4.98 Å². The molecule has 2 bridgehead atoms. The second-order valence-corrected chi connectivity index (χ2v) is 9.59. The van der Waals surface area contributed by atoms with Crippen LogP contribution < -0.4 is 4.74 Å². The first-order valence-corrected chi connectivity index (χ1v) is 11.5. The van der Waals surface area contributed by atoms with Crippen LogP contribution in [-0.4, -0.2) is 54.4 Å². The molecule has 3 aliphatic carbocycles. The summed E-state index contributed by atoms with van der Waals surface area (Å²) in [5.74, 6) is 3.50. The van der Waals surface area contributed by atoms with Gasteiger partial charge in [0.05, 0.1) is 37.6 Å². The van der Waals surface area contributed by atoms with Crippen LogP contribution in [0.2, 0.25) is 0 Å². The summed E-state index contributed by atoms with van der Waals surface area (Å²) in [6, 6.07) is 8.18. The Morgan fingerprint density at radius 2 is 1.87 bits per heavy atom. The zero-order chi connectivity index (χ0) is 21.0. The number of fused-ring (bicyclic) bond motifs is 2. The van der Waals surface area contributed by atoms with E-state index in [0.717, 1.165) is 43.7 Å². The van der Waals surface area contributed by atoms with E-state index in [0.29, 0.717) is 44.0 Å². The van der Waals surface area contributed by atoms with Gasteiger partial charge < -0.3 is 18.9 Å². The number of nitrogens with zero attached hydrogens (tertiary/aromatic N) is 3. The van der Waals surface area contributed by atoms with Crippen molar-refractivity contribution in [2.45, 2.75) is 43.4 Å². The molecule has 1 aliphatic heterocycles. The fraction of sp³-hybridized carbons (Fsp3) is 0.625. The molecular formula is C24H29N3O4. The minimum atomic E-state index is -0.157. The molecule has 164 valence electrons. The molecule has 6 rings (SSSR count). The Labute approximate surface area is 182 Å². The summed E-state index contributed by atoms with van der Waals surface area (Å²) in [6.45, 7) is 2.64. The number of ether oxygens (including phenoxy) is 2. The normalized spacial score (nSPS) is 31.1. The SMILES string of the molecule is COc1ccc(C2(c3noc([C@H]4[C@@H]5CC[C@@H](C5)[C@@H]4C(=O)N4CCOCC4)n3)CC2)cc1. The zero-order valence-electron chi connectivity index (χ0n) is 18.0. The van der Waals surface area contributed by atoms with Crippen LogP contribution in [0.1, 0.15) is 55.3 Å². The lowest BCUT2D eigenvalue weighted by Gasteiger charge is -2.34. The maximum absolute atomic E-state index is 13.4. The minimum absolute atomic E-state index is 0.0266. The predicted molar refractivity (Wildman–Crippen MR) is 112 cm³/mol. The van der Waals surface area contributed by atoms with E-state index in [1.807, 2.05) is 17.0 Å². The number of hydrogen-bond acceptors (Lipinski definition) is 6. The first-order valence-electron chi connectivity index (χ1n) is 11.5. The van der Waals surface area contributed by atoms with Crippen LogP contribution in [0, 0.1) is 17.8 Å². The molecule has 3 saturated carbocycles. The molecule has 4 fully saturated rings. The van der Waals surface area contributed by atoms with Gasteiger partial charge in [0.2, 0.25) is 11.8 Å². The lowest BCUT2D eigenvalue weighted by atomic mass is 9.78. The summed E-state index contributed by atoms with van der Waals surface area (Å²) in [5, 5.41) is 4.44. The monoisotopic (exact) mass is 423 g/mol. The third-order valence-corrected chi connectivity index (χ3v) is 8.07. The van der Waals surface area contributed by atoms with E-state index >= 15 is 0 Å². The van der Waals surface area contributed by atoms with E-state index < -0.39 is 0 Å². The van der Waals surface area contributed by atoms with Gasteiger partial charge in [0.15, 0.2) is 5.82 Å². The molecule has 1 amide bonds. The van der Waals surface area contributed by atoms with E-state index in [2.05, 4.69) is 17.3 Å². The van der Waals surface area contributed by atoms with Gasteiger partial charge in [0, 0.05) is 13.1 Å². The number of morpholine rings is 1. The standard InChI is InChI=1S/C24H29N3O4/c1-29-18-6-4-17(5-7-18)24(8-9-24)23-25-21(31-26-23)19-15-2-3-16(14-15)20(19)22(28)27-10-12-30-13-11-27/h4-7,15-16,19-20H,2-3,8-14H2,1H3/t15-,16+,19+,20+/m1/s1. The molecule has 7 nitrogen and oxygen atoms in total. The number of rotatable bonds is 5. The maximum atomic E-state index is 13.4. The predicted octanol–water partition coefficient (Wildman–Crippen LogP) is 3.15. The second-order valence-electron chi connectivity index (χ2n) is 9.59. The molecule has 0 spiro atoms. The molecule has 1 aromatic heterocycles. The average molecular weight is 424 g/mol. The van der Waals surface area contributed by atoms with Crippen molar-refractivity contribution >= 4 is 5.91 Å².